The largest absolute Gasteiger partial charge is 0.457 e. The van der Waals surface area contributed by atoms with Crippen molar-refractivity contribution in [1.29, 1.82) is 0 Å². The molecule has 0 radical (unpaired) electrons. The highest BCUT2D eigenvalue weighted by Crippen LogP contribution is 2.24. The molecule has 0 heterocycles. The van der Waals surface area contributed by atoms with Gasteiger partial charge in [0.25, 0.3) is 0 Å². The minimum Gasteiger partial charge on any atom is -0.457 e. The summed E-state index contributed by atoms with van der Waals surface area (Å²) in [5, 5.41) is 21.2. The van der Waals surface area contributed by atoms with Crippen LogP contribution in [0, 0.1) is 0 Å². The Balaban J connectivity index is 1.97. The quantitative estimate of drug-likeness (QED) is 0.454. The van der Waals surface area contributed by atoms with Gasteiger partial charge in [-0.1, -0.05) is 30.5 Å². The Morgan fingerprint density at radius 1 is 1.11 bits per heavy atom. The van der Waals surface area contributed by atoms with Gasteiger partial charge >= 0.3 is 0 Å². The Morgan fingerprint density at radius 2 is 1.67 bits per heavy atom. The number of aliphatic hydroxyl groups is 2. The third-order valence-electron chi connectivity index (χ3n) is 4.20. The lowest BCUT2D eigenvalue weighted by molar-refractivity contribution is 0.115. The molecule has 0 spiro atoms. The highest BCUT2D eigenvalue weighted by atomic mass is 32.2. The number of rotatable bonds is 9. The first kappa shape index (κ1) is 21.2. The van der Waals surface area contributed by atoms with Crippen molar-refractivity contribution in [1.82, 2.24) is 0 Å². The first-order valence-electron chi connectivity index (χ1n) is 8.66. The third kappa shape index (κ3) is 6.22. The predicted octanol–water partition coefficient (Wildman–Crippen LogP) is 3.35. The van der Waals surface area contributed by atoms with Crippen LogP contribution in [-0.4, -0.2) is 41.1 Å². The van der Waals surface area contributed by atoms with Crippen LogP contribution in [0.25, 0.3) is 0 Å². The van der Waals surface area contributed by atoms with Crippen LogP contribution in [0.5, 0.6) is 11.5 Å². The zero-order valence-electron chi connectivity index (χ0n) is 15.5. The number of ether oxygens (including phenoxy) is 1. The zero-order chi connectivity index (χ0) is 19.7. The fraction of sp³-hybridized carbons (Fsp3) is 0.286. The highest BCUT2D eigenvalue weighted by molar-refractivity contribution is 8.16. The molecule has 0 saturated heterocycles. The standard InChI is InChI=1S/C21H26N2O3S/c1-3-27-20(23-2)17-6-10-19(11-7-17)26-18-8-4-16(5-9-18)12-13-21(22,14-24)15-25/h3-11,24-25H,1,12-15,22H2,2H3. The van der Waals surface area contributed by atoms with Gasteiger partial charge < -0.3 is 20.7 Å². The van der Waals surface area contributed by atoms with Gasteiger partial charge in [-0.25, -0.2) is 0 Å². The van der Waals surface area contributed by atoms with E-state index < -0.39 is 5.54 Å². The SMILES string of the molecule is C=CSC(=NC)c1ccc(Oc2ccc(CCC(N)(CO)CO)cc2)cc1. The number of nitrogens with zero attached hydrogens (tertiary/aromatic N) is 1. The molecule has 4 N–H and O–H groups in total. The second-order valence-corrected chi connectivity index (χ2v) is 7.22. The summed E-state index contributed by atoms with van der Waals surface area (Å²) in [6.45, 7) is 3.24. The van der Waals surface area contributed by atoms with E-state index in [0.717, 1.165) is 27.7 Å². The fourth-order valence-corrected chi connectivity index (χ4v) is 2.99. The minimum atomic E-state index is -0.943. The van der Waals surface area contributed by atoms with Crippen molar-refractivity contribution in [2.75, 3.05) is 20.3 Å². The van der Waals surface area contributed by atoms with E-state index in [-0.39, 0.29) is 13.2 Å². The van der Waals surface area contributed by atoms with Gasteiger partial charge in [0.1, 0.15) is 16.5 Å². The van der Waals surface area contributed by atoms with Crippen molar-refractivity contribution in [3.8, 4) is 11.5 Å². The van der Waals surface area contributed by atoms with Crippen LogP contribution in [0.3, 0.4) is 0 Å². The molecule has 0 saturated carbocycles. The number of benzene rings is 2. The van der Waals surface area contributed by atoms with Crippen LogP contribution < -0.4 is 10.5 Å². The number of aliphatic imine (C=N–C) groups is 1. The van der Waals surface area contributed by atoms with Gasteiger partial charge in [0.15, 0.2) is 0 Å². The minimum absolute atomic E-state index is 0.240. The van der Waals surface area contributed by atoms with E-state index in [1.807, 2.05) is 48.5 Å². The van der Waals surface area contributed by atoms with Crippen molar-refractivity contribution < 1.29 is 14.9 Å². The van der Waals surface area contributed by atoms with Gasteiger partial charge in [0.05, 0.1) is 18.8 Å². The number of hydrogen-bond donors (Lipinski definition) is 3. The molecule has 2 aromatic rings. The number of hydrogen-bond acceptors (Lipinski definition) is 6. The van der Waals surface area contributed by atoms with Gasteiger partial charge in [-0.3, -0.25) is 4.99 Å². The summed E-state index contributed by atoms with van der Waals surface area (Å²) >= 11 is 1.48. The summed E-state index contributed by atoms with van der Waals surface area (Å²) in [7, 11) is 1.76. The molecule has 0 aromatic heterocycles. The van der Waals surface area contributed by atoms with E-state index in [2.05, 4.69) is 11.6 Å². The molecule has 2 aromatic carbocycles. The van der Waals surface area contributed by atoms with E-state index in [9.17, 15) is 10.2 Å². The summed E-state index contributed by atoms with van der Waals surface area (Å²) in [6.07, 6.45) is 1.18. The number of aliphatic hydroxyl groups excluding tert-OH is 2. The molecule has 2 rings (SSSR count). The van der Waals surface area contributed by atoms with Crippen LogP contribution in [-0.2, 0) is 6.42 Å². The van der Waals surface area contributed by atoms with Crippen molar-refractivity contribution in [3.63, 3.8) is 0 Å². The maximum absolute atomic E-state index is 9.25. The molecule has 0 aliphatic heterocycles. The number of thioether (sulfide) groups is 1. The smallest absolute Gasteiger partial charge is 0.127 e. The lowest BCUT2D eigenvalue weighted by atomic mass is 9.94. The zero-order valence-corrected chi connectivity index (χ0v) is 16.3. The predicted molar refractivity (Wildman–Crippen MR) is 113 cm³/mol. The normalized spacial score (nSPS) is 12.1. The van der Waals surface area contributed by atoms with Gasteiger partial charge in [-0.2, -0.15) is 0 Å². The van der Waals surface area contributed by atoms with Gasteiger partial charge in [0, 0.05) is 12.6 Å². The van der Waals surface area contributed by atoms with Gasteiger partial charge in [0.2, 0.25) is 0 Å². The summed E-state index contributed by atoms with van der Waals surface area (Å²) < 4.78 is 5.88. The van der Waals surface area contributed by atoms with Gasteiger partial charge in [-0.15, -0.1) is 0 Å². The molecule has 27 heavy (non-hydrogen) atoms. The molecule has 0 unspecified atom stereocenters. The second-order valence-electron chi connectivity index (χ2n) is 6.26. The molecule has 5 nitrogen and oxygen atoms in total. The van der Waals surface area contributed by atoms with Crippen LogP contribution in [0.15, 0.2) is 65.5 Å². The van der Waals surface area contributed by atoms with Crippen molar-refractivity contribution in [3.05, 3.63) is 71.6 Å². The molecular formula is C21H26N2O3S. The average Bonchev–Trinajstić information content (AvgIpc) is 2.72. The third-order valence-corrected chi connectivity index (χ3v) is 5.01. The van der Waals surface area contributed by atoms with Crippen LogP contribution >= 0.6 is 11.8 Å². The van der Waals surface area contributed by atoms with Crippen molar-refractivity contribution in [2.45, 2.75) is 18.4 Å². The van der Waals surface area contributed by atoms with Crippen molar-refractivity contribution in [2.24, 2.45) is 10.7 Å². The molecule has 6 heteroatoms. The van der Waals surface area contributed by atoms with E-state index in [0.29, 0.717) is 12.8 Å². The van der Waals surface area contributed by atoms with E-state index in [4.69, 9.17) is 10.5 Å². The van der Waals surface area contributed by atoms with Crippen LogP contribution in [0.1, 0.15) is 17.5 Å². The molecule has 0 amide bonds. The van der Waals surface area contributed by atoms with Gasteiger partial charge in [-0.05, 0) is 60.2 Å². The summed E-state index contributed by atoms with van der Waals surface area (Å²) in [5.74, 6) is 1.48. The molecule has 0 aliphatic rings. The number of aryl methyl sites for hydroxylation is 1. The Hall–Kier alpha value is -2.12. The van der Waals surface area contributed by atoms with Crippen LogP contribution in [0.2, 0.25) is 0 Å². The molecule has 0 bridgehead atoms. The summed E-state index contributed by atoms with van der Waals surface area (Å²) in [6, 6.07) is 15.5. The Labute approximate surface area is 164 Å². The molecule has 0 aliphatic carbocycles. The Kier molecular flexibility index (Phi) is 8.06. The highest BCUT2D eigenvalue weighted by Gasteiger charge is 2.22. The van der Waals surface area contributed by atoms with E-state index in [1.54, 1.807) is 12.5 Å². The fourth-order valence-electron chi connectivity index (χ4n) is 2.46. The lowest BCUT2D eigenvalue weighted by Gasteiger charge is -2.24. The maximum Gasteiger partial charge on any atom is 0.127 e. The Morgan fingerprint density at radius 3 is 2.15 bits per heavy atom. The first-order valence-corrected chi connectivity index (χ1v) is 9.53. The lowest BCUT2D eigenvalue weighted by Crippen LogP contribution is -2.47. The molecule has 0 fully saturated rings. The average molecular weight is 387 g/mol. The topological polar surface area (TPSA) is 88.1 Å². The molecule has 144 valence electrons. The van der Waals surface area contributed by atoms with Crippen molar-refractivity contribution >= 4 is 16.8 Å². The maximum atomic E-state index is 9.25. The van der Waals surface area contributed by atoms with E-state index >= 15 is 0 Å². The van der Waals surface area contributed by atoms with Crippen LogP contribution in [0.4, 0.5) is 0 Å². The molecule has 0 atom stereocenters. The first-order chi connectivity index (χ1) is 13.0. The second kappa shape index (κ2) is 10.3. The summed E-state index contributed by atoms with van der Waals surface area (Å²) in [4.78, 5) is 4.25. The summed E-state index contributed by atoms with van der Waals surface area (Å²) in [5.41, 5.74) is 7.04. The Bertz CT molecular complexity index is 754. The van der Waals surface area contributed by atoms with E-state index in [1.165, 1.54) is 11.8 Å². The number of nitrogens with two attached hydrogens (primary N) is 1. The monoisotopic (exact) mass is 386 g/mol. The molecular weight excluding hydrogens is 360 g/mol.